The first-order chi connectivity index (χ1) is 9.04. The van der Waals surface area contributed by atoms with Crippen molar-refractivity contribution in [3.63, 3.8) is 0 Å². The second-order valence-corrected chi connectivity index (χ2v) is 4.09. The molecular formula is C12H10ClF2N3O. The highest BCUT2D eigenvalue weighted by molar-refractivity contribution is 6.32. The van der Waals surface area contributed by atoms with Crippen LogP contribution in [-0.4, -0.2) is 16.3 Å². The Kier molecular flexibility index (Phi) is 3.80. The minimum Gasteiger partial charge on any atom is -0.383 e. The summed E-state index contributed by atoms with van der Waals surface area (Å²) < 4.78 is 27.2. The monoisotopic (exact) mass is 285 g/mol. The molecule has 19 heavy (non-hydrogen) atoms. The highest BCUT2D eigenvalue weighted by Crippen LogP contribution is 2.17. The van der Waals surface area contributed by atoms with Gasteiger partial charge in [-0.3, -0.25) is 4.79 Å². The van der Waals surface area contributed by atoms with Gasteiger partial charge in [-0.1, -0.05) is 11.6 Å². The molecule has 1 N–H and O–H groups in total. The Morgan fingerprint density at radius 1 is 1.42 bits per heavy atom. The van der Waals surface area contributed by atoms with Gasteiger partial charge >= 0.3 is 0 Å². The summed E-state index contributed by atoms with van der Waals surface area (Å²) in [5, 5.41) is 6.57. The molecule has 7 heteroatoms. The lowest BCUT2D eigenvalue weighted by Gasteiger charge is -2.09. The second kappa shape index (κ2) is 5.36. The first kappa shape index (κ1) is 13.5. The van der Waals surface area contributed by atoms with Crippen LogP contribution < -0.4 is 10.9 Å². The van der Waals surface area contributed by atoms with E-state index in [1.807, 2.05) is 6.92 Å². The third kappa shape index (κ3) is 2.58. The van der Waals surface area contributed by atoms with Crippen LogP contribution >= 0.6 is 11.6 Å². The molecule has 0 fully saturated rings. The molecule has 0 radical (unpaired) electrons. The molecule has 0 unspecified atom stereocenters. The lowest BCUT2D eigenvalue weighted by Crippen LogP contribution is -2.23. The summed E-state index contributed by atoms with van der Waals surface area (Å²) in [4.78, 5) is 12.0. The molecule has 4 nitrogen and oxygen atoms in total. The van der Waals surface area contributed by atoms with E-state index in [1.165, 1.54) is 6.20 Å². The Labute approximate surface area is 112 Å². The quantitative estimate of drug-likeness (QED) is 0.943. The van der Waals surface area contributed by atoms with Gasteiger partial charge in [0.25, 0.3) is 5.56 Å². The van der Waals surface area contributed by atoms with Crippen molar-refractivity contribution in [2.75, 3.05) is 11.9 Å². The topological polar surface area (TPSA) is 46.9 Å². The van der Waals surface area contributed by atoms with E-state index >= 15 is 0 Å². The zero-order chi connectivity index (χ0) is 14.0. The molecule has 0 aliphatic heterocycles. The number of benzene rings is 1. The molecule has 0 amide bonds. The lowest BCUT2D eigenvalue weighted by atomic mass is 10.3. The molecule has 0 saturated heterocycles. The lowest BCUT2D eigenvalue weighted by molar-refractivity contribution is 0.571. The van der Waals surface area contributed by atoms with Gasteiger partial charge in [-0.15, -0.1) is 0 Å². The van der Waals surface area contributed by atoms with E-state index in [1.54, 1.807) is 0 Å². The average molecular weight is 286 g/mol. The van der Waals surface area contributed by atoms with E-state index in [4.69, 9.17) is 11.6 Å². The summed E-state index contributed by atoms with van der Waals surface area (Å²) in [6.45, 7) is 2.40. The predicted octanol–water partition coefficient (Wildman–Crippen LogP) is 2.60. The number of hydrogen-bond acceptors (Lipinski definition) is 3. The maximum atomic E-state index is 13.6. The summed E-state index contributed by atoms with van der Waals surface area (Å²) >= 11 is 5.88. The van der Waals surface area contributed by atoms with E-state index in [9.17, 15) is 13.6 Å². The molecule has 0 spiro atoms. The Balaban J connectivity index is 2.58. The largest absolute Gasteiger partial charge is 0.383 e. The van der Waals surface area contributed by atoms with E-state index in [2.05, 4.69) is 10.4 Å². The first-order valence-corrected chi connectivity index (χ1v) is 5.89. The summed E-state index contributed by atoms with van der Waals surface area (Å²) in [5.41, 5.74) is -0.463. The zero-order valence-electron chi connectivity index (χ0n) is 9.95. The van der Waals surface area contributed by atoms with E-state index in [-0.39, 0.29) is 10.7 Å². The Morgan fingerprint density at radius 2 is 2.16 bits per heavy atom. The number of nitrogens with zero attached hydrogens (tertiary/aromatic N) is 2. The van der Waals surface area contributed by atoms with Crippen LogP contribution in [0.4, 0.5) is 14.5 Å². The number of rotatable bonds is 3. The number of aromatic nitrogens is 2. The molecule has 0 saturated carbocycles. The van der Waals surface area contributed by atoms with Gasteiger partial charge in [-0.25, -0.2) is 8.78 Å². The molecule has 2 rings (SSSR count). The van der Waals surface area contributed by atoms with Crippen molar-refractivity contribution in [1.82, 2.24) is 9.78 Å². The van der Waals surface area contributed by atoms with Crippen LogP contribution in [0.1, 0.15) is 6.92 Å². The summed E-state index contributed by atoms with van der Waals surface area (Å²) in [5.74, 6) is -1.62. The molecule has 100 valence electrons. The highest BCUT2D eigenvalue weighted by atomic mass is 35.5. The SMILES string of the molecule is CCNc1cnn(-c2ccc(F)cc2F)c(=O)c1Cl. The molecule has 1 aromatic heterocycles. The van der Waals surface area contributed by atoms with Gasteiger partial charge in [-0.2, -0.15) is 9.78 Å². The minimum absolute atomic E-state index is 0.0967. The zero-order valence-corrected chi connectivity index (χ0v) is 10.7. The molecule has 0 bridgehead atoms. The Morgan fingerprint density at radius 3 is 2.79 bits per heavy atom. The molecule has 1 aromatic carbocycles. The molecule has 0 atom stereocenters. The highest BCUT2D eigenvalue weighted by Gasteiger charge is 2.13. The second-order valence-electron chi connectivity index (χ2n) is 3.72. The molecule has 1 heterocycles. The summed E-state index contributed by atoms with van der Waals surface area (Å²) in [6.07, 6.45) is 1.32. The maximum Gasteiger partial charge on any atom is 0.292 e. The summed E-state index contributed by atoms with van der Waals surface area (Å²) in [7, 11) is 0. The maximum absolute atomic E-state index is 13.6. The van der Waals surface area contributed by atoms with E-state index < -0.39 is 17.2 Å². The summed E-state index contributed by atoms with van der Waals surface area (Å²) in [6, 6.07) is 2.84. The third-order valence-corrected chi connectivity index (χ3v) is 2.79. The first-order valence-electron chi connectivity index (χ1n) is 5.51. The fourth-order valence-corrected chi connectivity index (χ4v) is 1.77. The van der Waals surface area contributed by atoms with Gasteiger partial charge in [0.1, 0.15) is 16.5 Å². The van der Waals surface area contributed by atoms with Crippen LogP contribution in [0.15, 0.2) is 29.2 Å². The molecular weight excluding hydrogens is 276 g/mol. The van der Waals surface area contributed by atoms with Crippen LogP contribution in [-0.2, 0) is 0 Å². The number of halogens is 3. The van der Waals surface area contributed by atoms with E-state index in [0.29, 0.717) is 18.3 Å². The number of hydrogen-bond donors (Lipinski definition) is 1. The van der Waals surface area contributed by atoms with Crippen LogP contribution in [0, 0.1) is 11.6 Å². The van der Waals surface area contributed by atoms with E-state index in [0.717, 1.165) is 16.8 Å². The van der Waals surface area contributed by atoms with Crippen molar-refractivity contribution < 1.29 is 8.78 Å². The van der Waals surface area contributed by atoms with Crippen molar-refractivity contribution in [3.8, 4) is 5.69 Å². The van der Waals surface area contributed by atoms with Gasteiger partial charge in [0.15, 0.2) is 5.82 Å². The standard InChI is InChI=1S/C12H10ClF2N3O/c1-2-16-9-6-17-18(12(19)11(9)13)10-4-3-7(14)5-8(10)15/h3-6,16H,2H2,1H3. The molecule has 2 aromatic rings. The van der Waals surface area contributed by atoms with Gasteiger partial charge < -0.3 is 5.32 Å². The normalized spacial score (nSPS) is 10.5. The van der Waals surface area contributed by atoms with Gasteiger partial charge in [0.05, 0.1) is 11.9 Å². The van der Waals surface area contributed by atoms with Crippen molar-refractivity contribution in [3.05, 3.63) is 51.4 Å². The van der Waals surface area contributed by atoms with Gasteiger partial charge in [0.2, 0.25) is 0 Å². The fourth-order valence-electron chi connectivity index (χ4n) is 1.57. The number of anilines is 1. The van der Waals surface area contributed by atoms with Crippen molar-refractivity contribution in [1.29, 1.82) is 0 Å². The molecule has 0 aliphatic rings. The minimum atomic E-state index is -0.887. The van der Waals surface area contributed by atoms with Crippen LogP contribution in [0.5, 0.6) is 0 Å². The van der Waals surface area contributed by atoms with Gasteiger partial charge in [-0.05, 0) is 19.1 Å². The van der Waals surface area contributed by atoms with Crippen LogP contribution in [0.25, 0.3) is 5.69 Å². The third-order valence-electron chi connectivity index (χ3n) is 2.42. The Bertz CT molecular complexity index is 673. The van der Waals surface area contributed by atoms with Crippen molar-refractivity contribution in [2.45, 2.75) is 6.92 Å². The average Bonchev–Trinajstić information content (AvgIpc) is 2.37. The van der Waals surface area contributed by atoms with Crippen molar-refractivity contribution >= 4 is 17.3 Å². The van der Waals surface area contributed by atoms with Crippen LogP contribution in [0.2, 0.25) is 5.02 Å². The fraction of sp³-hybridized carbons (Fsp3) is 0.167. The smallest absolute Gasteiger partial charge is 0.292 e. The van der Waals surface area contributed by atoms with Crippen molar-refractivity contribution in [2.24, 2.45) is 0 Å². The van der Waals surface area contributed by atoms with Crippen LogP contribution in [0.3, 0.4) is 0 Å². The number of nitrogens with one attached hydrogen (secondary N) is 1. The Hall–Kier alpha value is -1.95. The predicted molar refractivity (Wildman–Crippen MR) is 68.9 cm³/mol. The molecule has 0 aliphatic carbocycles. The van der Waals surface area contributed by atoms with Gasteiger partial charge in [0, 0.05) is 12.6 Å².